The Kier molecular flexibility index (Phi) is 6.44. The molecule has 1 aromatic rings. The molecule has 0 aromatic heterocycles. The maximum absolute atomic E-state index is 10.7. The number of carboxylic acid groups (broad SMARTS) is 1. The molecule has 0 aliphatic carbocycles. The Morgan fingerprint density at radius 3 is 2.45 bits per heavy atom. The van der Waals surface area contributed by atoms with E-state index in [1.54, 1.807) is 0 Å². The molecule has 0 spiro atoms. The van der Waals surface area contributed by atoms with E-state index in [2.05, 4.69) is 5.43 Å². The van der Waals surface area contributed by atoms with Crippen molar-refractivity contribution in [1.82, 2.24) is 10.4 Å². The van der Waals surface area contributed by atoms with E-state index in [-0.39, 0.29) is 12.6 Å². The summed E-state index contributed by atoms with van der Waals surface area (Å²) < 4.78 is 0. The highest BCUT2D eigenvalue weighted by atomic mass is 16.4. The predicted octanol–water partition coefficient (Wildman–Crippen LogP) is 0.810. The summed E-state index contributed by atoms with van der Waals surface area (Å²) in [6.45, 7) is 3.83. The first kappa shape index (κ1) is 16.4. The van der Waals surface area contributed by atoms with Crippen molar-refractivity contribution in [3.05, 3.63) is 35.9 Å². The van der Waals surface area contributed by atoms with Gasteiger partial charge in [-0.2, -0.15) is 0 Å². The summed E-state index contributed by atoms with van der Waals surface area (Å²) in [6, 6.07) is 9.13. The maximum Gasteiger partial charge on any atom is 0.419 e. The number of hydrogen-bond donors (Lipinski definition) is 4. The molecule has 0 radical (unpaired) electrons. The molecule has 0 heterocycles. The van der Waals surface area contributed by atoms with Crippen LogP contribution in [0.15, 0.2) is 30.3 Å². The number of nitrogens with two attached hydrogens (primary N) is 1. The summed E-state index contributed by atoms with van der Waals surface area (Å²) in [6.07, 6.45) is -1.42. The highest BCUT2D eigenvalue weighted by Crippen LogP contribution is 2.06. The summed E-state index contributed by atoms with van der Waals surface area (Å²) in [5.41, 5.74) is 9.28. The highest BCUT2D eigenvalue weighted by Gasteiger charge is 2.21. The van der Waals surface area contributed by atoms with Crippen molar-refractivity contribution in [2.24, 2.45) is 5.73 Å². The van der Waals surface area contributed by atoms with E-state index in [1.807, 2.05) is 44.2 Å². The molecule has 0 fully saturated rings. The van der Waals surface area contributed by atoms with Crippen LogP contribution in [0, 0.1) is 0 Å². The van der Waals surface area contributed by atoms with Gasteiger partial charge in [-0.25, -0.2) is 9.80 Å². The number of nitrogens with zero attached hydrogens (tertiary/aromatic N) is 1. The Balaban J connectivity index is 2.55. The standard InChI is InChI=1S/C14H23N3O3/c1-10(2)17(16-14(19)20)9-13(18)12(15)8-11-6-4-3-5-7-11/h3-7,10,12-13,16,18H,8-9,15H2,1-2H3,(H,19,20)/t12-,13+/m0/s1. The quantitative estimate of drug-likeness (QED) is 0.554. The molecule has 0 saturated heterocycles. The van der Waals surface area contributed by atoms with Gasteiger partial charge < -0.3 is 15.9 Å². The van der Waals surface area contributed by atoms with Gasteiger partial charge in [0.25, 0.3) is 0 Å². The zero-order valence-electron chi connectivity index (χ0n) is 11.9. The largest absolute Gasteiger partial charge is 0.464 e. The van der Waals surface area contributed by atoms with Crippen molar-refractivity contribution < 1.29 is 15.0 Å². The Labute approximate surface area is 119 Å². The average Bonchev–Trinajstić information content (AvgIpc) is 2.38. The van der Waals surface area contributed by atoms with E-state index in [0.29, 0.717) is 6.42 Å². The number of aliphatic hydroxyl groups excluding tert-OH is 1. The maximum atomic E-state index is 10.7. The van der Waals surface area contributed by atoms with Gasteiger partial charge in [0.2, 0.25) is 0 Å². The number of hydrazine groups is 1. The van der Waals surface area contributed by atoms with Crippen LogP contribution in [-0.2, 0) is 6.42 Å². The topological polar surface area (TPSA) is 98.8 Å². The highest BCUT2D eigenvalue weighted by molar-refractivity contribution is 5.63. The van der Waals surface area contributed by atoms with Gasteiger partial charge in [-0.3, -0.25) is 5.43 Å². The summed E-state index contributed by atoms with van der Waals surface area (Å²) in [5.74, 6) is 0. The molecule has 6 heteroatoms. The first-order chi connectivity index (χ1) is 9.40. The Bertz CT molecular complexity index is 411. The van der Waals surface area contributed by atoms with Crippen LogP contribution in [0.5, 0.6) is 0 Å². The molecule has 0 aliphatic heterocycles. The lowest BCUT2D eigenvalue weighted by Crippen LogP contribution is -2.53. The summed E-state index contributed by atoms with van der Waals surface area (Å²) in [5, 5.41) is 20.3. The molecule has 0 saturated carbocycles. The molecular weight excluding hydrogens is 258 g/mol. The van der Waals surface area contributed by atoms with Crippen molar-refractivity contribution in [2.45, 2.75) is 38.5 Å². The molecule has 2 atom stereocenters. The lowest BCUT2D eigenvalue weighted by atomic mass is 10.0. The minimum atomic E-state index is -1.15. The number of amides is 1. The fourth-order valence-electron chi connectivity index (χ4n) is 1.87. The number of hydrogen-bond acceptors (Lipinski definition) is 4. The summed E-state index contributed by atoms with van der Waals surface area (Å²) >= 11 is 0. The van der Waals surface area contributed by atoms with E-state index >= 15 is 0 Å². The third-order valence-electron chi connectivity index (χ3n) is 3.05. The SMILES string of the molecule is CC(C)N(C[C@@H](O)[C@@H](N)Cc1ccccc1)NC(=O)O. The van der Waals surface area contributed by atoms with Crippen molar-refractivity contribution in [3.63, 3.8) is 0 Å². The minimum absolute atomic E-state index is 0.0651. The van der Waals surface area contributed by atoms with Gasteiger partial charge in [-0.05, 0) is 25.8 Å². The minimum Gasteiger partial charge on any atom is -0.464 e. The van der Waals surface area contributed by atoms with Gasteiger partial charge in [-0.15, -0.1) is 0 Å². The van der Waals surface area contributed by atoms with Crippen LogP contribution in [0.3, 0.4) is 0 Å². The third kappa shape index (κ3) is 5.56. The van der Waals surface area contributed by atoms with E-state index in [4.69, 9.17) is 10.8 Å². The Morgan fingerprint density at radius 2 is 1.95 bits per heavy atom. The van der Waals surface area contributed by atoms with Crippen molar-refractivity contribution in [3.8, 4) is 0 Å². The number of benzene rings is 1. The lowest BCUT2D eigenvalue weighted by molar-refractivity contribution is 0.0466. The summed E-state index contributed by atoms with van der Waals surface area (Å²) in [7, 11) is 0. The van der Waals surface area contributed by atoms with Gasteiger partial charge in [0.1, 0.15) is 0 Å². The second kappa shape index (κ2) is 7.84. The molecule has 1 rings (SSSR count). The Morgan fingerprint density at radius 1 is 1.35 bits per heavy atom. The van der Waals surface area contributed by atoms with E-state index in [0.717, 1.165) is 5.56 Å². The molecule has 0 bridgehead atoms. The monoisotopic (exact) mass is 281 g/mol. The van der Waals surface area contributed by atoms with Crippen LogP contribution in [0.4, 0.5) is 4.79 Å². The van der Waals surface area contributed by atoms with Gasteiger partial charge in [-0.1, -0.05) is 30.3 Å². The van der Waals surface area contributed by atoms with Crippen LogP contribution in [0.25, 0.3) is 0 Å². The fourth-order valence-corrected chi connectivity index (χ4v) is 1.87. The van der Waals surface area contributed by atoms with Crippen LogP contribution >= 0.6 is 0 Å². The van der Waals surface area contributed by atoms with Crippen LogP contribution in [0.1, 0.15) is 19.4 Å². The zero-order chi connectivity index (χ0) is 15.1. The van der Waals surface area contributed by atoms with Gasteiger partial charge in [0.15, 0.2) is 0 Å². The van der Waals surface area contributed by atoms with Gasteiger partial charge in [0.05, 0.1) is 6.10 Å². The zero-order valence-corrected chi connectivity index (χ0v) is 11.9. The summed E-state index contributed by atoms with van der Waals surface area (Å²) in [4.78, 5) is 10.7. The molecule has 112 valence electrons. The van der Waals surface area contributed by atoms with Crippen molar-refractivity contribution in [1.29, 1.82) is 0 Å². The number of rotatable bonds is 7. The Hall–Kier alpha value is -1.63. The molecular formula is C14H23N3O3. The number of carbonyl (C=O) groups is 1. The lowest BCUT2D eigenvalue weighted by Gasteiger charge is -2.30. The van der Waals surface area contributed by atoms with Crippen LogP contribution in [0.2, 0.25) is 0 Å². The van der Waals surface area contributed by atoms with Crippen molar-refractivity contribution >= 4 is 6.09 Å². The van der Waals surface area contributed by atoms with Gasteiger partial charge >= 0.3 is 6.09 Å². The molecule has 20 heavy (non-hydrogen) atoms. The number of aliphatic hydroxyl groups is 1. The first-order valence-corrected chi connectivity index (χ1v) is 6.64. The van der Waals surface area contributed by atoms with E-state index in [1.165, 1.54) is 5.01 Å². The van der Waals surface area contributed by atoms with E-state index < -0.39 is 18.2 Å². The van der Waals surface area contributed by atoms with E-state index in [9.17, 15) is 9.90 Å². The third-order valence-corrected chi connectivity index (χ3v) is 3.05. The molecule has 0 unspecified atom stereocenters. The molecule has 1 amide bonds. The van der Waals surface area contributed by atoms with Crippen LogP contribution in [-0.4, -0.2) is 46.0 Å². The molecule has 6 nitrogen and oxygen atoms in total. The van der Waals surface area contributed by atoms with Crippen molar-refractivity contribution in [2.75, 3.05) is 6.54 Å². The van der Waals surface area contributed by atoms with Crippen LogP contribution < -0.4 is 11.2 Å². The van der Waals surface area contributed by atoms with Gasteiger partial charge in [0, 0.05) is 18.6 Å². The molecule has 0 aliphatic rings. The fraction of sp³-hybridized carbons (Fsp3) is 0.500. The second-order valence-electron chi connectivity index (χ2n) is 5.08. The smallest absolute Gasteiger partial charge is 0.419 e. The molecule has 5 N–H and O–H groups in total. The normalized spacial score (nSPS) is 14.3. The number of nitrogens with one attached hydrogen (secondary N) is 1. The first-order valence-electron chi connectivity index (χ1n) is 6.64. The second-order valence-corrected chi connectivity index (χ2v) is 5.08. The molecule has 1 aromatic carbocycles. The average molecular weight is 281 g/mol. The predicted molar refractivity (Wildman–Crippen MR) is 77.1 cm³/mol.